The second-order valence-electron chi connectivity index (χ2n) is 9.29. The fraction of sp³-hybridized carbons (Fsp3) is 0.214. The molecule has 3 aromatic carbocycles. The van der Waals surface area contributed by atoms with E-state index in [0.717, 1.165) is 28.5 Å². The van der Waals surface area contributed by atoms with Crippen molar-refractivity contribution in [2.75, 3.05) is 12.0 Å². The van der Waals surface area contributed by atoms with Gasteiger partial charge < -0.3 is 9.53 Å². The van der Waals surface area contributed by atoms with Crippen LogP contribution >= 0.6 is 0 Å². The van der Waals surface area contributed by atoms with Gasteiger partial charge in [0, 0.05) is 5.41 Å². The molecule has 0 aromatic heterocycles. The number of aldehydes is 1. The topological polar surface area (TPSA) is 80.8 Å². The smallest absolute Gasteiger partial charge is 0.337 e. The van der Waals surface area contributed by atoms with E-state index in [9.17, 15) is 19.2 Å². The van der Waals surface area contributed by atoms with Gasteiger partial charge in [0.15, 0.2) is 0 Å². The third-order valence-electron chi connectivity index (χ3n) is 8.02. The molecule has 4 aliphatic rings. The predicted molar refractivity (Wildman–Crippen MR) is 123 cm³/mol. The van der Waals surface area contributed by atoms with Crippen LogP contribution in [0.5, 0.6) is 0 Å². The molecule has 1 saturated heterocycles. The molecule has 1 heterocycles. The third kappa shape index (κ3) is 2.16. The lowest BCUT2D eigenvalue weighted by molar-refractivity contribution is -0.129. The highest BCUT2D eigenvalue weighted by molar-refractivity contribution is 6.25. The molecule has 2 bridgehead atoms. The second-order valence-corrected chi connectivity index (χ2v) is 9.29. The Labute approximate surface area is 196 Å². The minimum atomic E-state index is -1.25. The SMILES string of the molecule is COC(=O)c1ccc(N2C(=O)C3C(C2=O)C2(C=O)c4ccccc4C3(C)c3ccccc32)cc1. The van der Waals surface area contributed by atoms with E-state index in [-0.39, 0.29) is 5.91 Å². The van der Waals surface area contributed by atoms with Gasteiger partial charge in [-0.1, -0.05) is 55.5 Å². The number of esters is 1. The van der Waals surface area contributed by atoms with Gasteiger partial charge in [-0.2, -0.15) is 0 Å². The van der Waals surface area contributed by atoms with Crippen molar-refractivity contribution in [3.05, 3.63) is 101 Å². The van der Waals surface area contributed by atoms with Crippen molar-refractivity contribution in [3.8, 4) is 0 Å². The molecule has 0 N–H and O–H groups in total. The summed E-state index contributed by atoms with van der Waals surface area (Å²) < 4.78 is 4.74. The molecule has 1 fully saturated rings. The molecule has 168 valence electrons. The van der Waals surface area contributed by atoms with Crippen LogP contribution in [-0.4, -0.2) is 31.2 Å². The lowest BCUT2D eigenvalue weighted by Crippen LogP contribution is -2.61. The summed E-state index contributed by atoms with van der Waals surface area (Å²) in [4.78, 5) is 54.0. The summed E-state index contributed by atoms with van der Waals surface area (Å²) in [5, 5.41) is 0. The van der Waals surface area contributed by atoms with Crippen LogP contribution in [-0.2, 0) is 30.0 Å². The summed E-state index contributed by atoms with van der Waals surface area (Å²) >= 11 is 0. The number of ether oxygens (including phenoxy) is 1. The molecule has 6 heteroatoms. The predicted octanol–water partition coefficient (Wildman–Crippen LogP) is 3.40. The second kappa shape index (κ2) is 6.73. The molecule has 7 rings (SSSR count). The van der Waals surface area contributed by atoms with Crippen molar-refractivity contribution in [2.24, 2.45) is 11.8 Å². The highest BCUT2D eigenvalue weighted by Crippen LogP contribution is 2.66. The summed E-state index contributed by atoms with van der Waals surface area (Å²) in [5.41, 5.74) is 2.07. The number of carbonyl (C=O) groups is 4. The van der Waals surface area contributed by atoms with Gasteiger partial charge >= 0.3 is 5.97 Å². The summed E-state index contributed by atoms with van der Waals surface area (Å²) in [6.45, 7) is 2.01. The quantitative estimate of drug-likeness (QED) is 0.346. The summed E-state index contributed by atoms with van der Waals surface area (Å²) in [5.74, 6) is -2.82. The summed E-state index contributed by atoms with van der Waals surface area (Å²) in [6.07, 6.45) is 0.857. The molecule has 0 spiro atoms. The zero-order valence-electron chi connectivity index (χ0n) is 18.6. The standard InChI is InChI=1S/C28H21NO5/c1-27-18-7-3-5-9-20(18)28(15-30,21-10-6-4-8-19(21)27)23-22(27)24(31)29(25(23)32)17-13-11-16(12-14-17)26(33)34-2/h3-15,22-23H,1-2H3. The Morgan fingerprint density at radius 1 is 0.824 bits per heavy atom. The average Bonchev–Trinajstić information content (AvgIpc) is 3.16. The van der Waals surface area contributed by atoms with E-state index in [4.69, 9.17) is 4.74 Å². The number of methoxy groups -OCH3 is 1. The number of benzene rings is 3. The Hall–Kier alpha value is -4.06. The maximum Gasteiger partial charge on any atom is 0.337 e. The van der Waals surface area contributed by atoms with Crippen molar-refractivity contribution in [1.82, 2.24) is 0 Å². The number of carbonyl (C=O) groups excluding carboxylic acids is 4. The van der Waals surface area contributed by atoms with E-state index >= 15 is 0 Å². The Morgan fingerprint density at radius 2 is 1.32 bits per heavy atom. The molecule has 3 aromatic rings. The lowest BCUT2D eigenvalue weighted by Gasteiger charge is -2.56. The molecule has 1 aliphatic heterocycles. The fourth-order valence-electron chi connectivity index (χ4n) is 6.58. The van der Waals surface area contributed by atoms with Gasteiger partial charge in [-0.15, -0.1) is 0 Å². The number of anilines is 1. The lowest BCUT2D eigenvalue weighted by atomic mass is 9.42. The minimum absolute atomic E-state index is 0.318. The molecular formula is C28H21NO5. The highest BCUT2D eigenvalue weighted by atomic mass is 16.5. The first-order valence-corrected chi connectivity index (χ1v) is 11.1. The van der Waals surface area contributed by atoms with Crippen LogP contribution in [0.1, 0.15) is 39.5 Å². The van der Waals surface area contributed by atoms with Gasteiger partial charge in [0.05, 0.1) is 35.6 Å². The van der Waals surface area contributed by atoms with Gasteiger partial charge in [-0.05, 0) is 46.5 Å². The number of rotatable bonds is 3. The number of imide groups is 1. The van der Waals surface area contributed by atoms with Gasteiger partial charge in [-0.3, -0.25) is 9.59 Å². The van der Waals surface area contributed by atoms with Crippen molar-refractivity contribution >= 4 is 29.8 Å². The van der Waals surface area contributed by atoms with Crippen molar-refractivity contribution < 1.29 is 23.9 Å². The maximum atomic E-state index is 14.0. The zero-order chi connectivity index (χ0) is 23.8. The van der Waals surface area contributed by atoms with Crippen LogP contribution in [0.25, 0.3) is 0 Å². The van der Waals surface area contributed by atoms with Crippen LogP contribution in [0.15, 0.2) is 72.8 Å². The van der Waals surface area contributed by atoms with Crippen LogP contribution in [0.3, 0.4) is 0 Å². The summed E-state index contributed by atoms with van der Waals surface area (Å²) in [6, 6.07) is 21.5. The van der Waals surface area contributed by atoms with Gasteiger partial charge in [-0.25, -0.2) is 9.69 Å². The third-order valence-corrected chi connectivity index (χ3v) is 8.02. The Bertz CT molecular complexity index is 1360. The number of hydrogen-bond donors (Lipinski definition) is 0. The molecule has 3 aliphatic carbocycles. The Morgan fingerprint density at radius 3 is 1.82 bits per heavy atom. The van der Waals surface area contributed by atoms with Crippen molar-refractivity contribution in [1.29, 1.82) is 0 Å². The average molecular weight is 451 g/mol. The number of amides is 2. The number of hydrogen-bond acceptors (Lipinski definition) is 5. The molecule has 6 nitrogen and oxygen atoms in total. The van der Waals surface area contributed by atoms with Crippen molar-refractivity contribution in [2.45, 2.75) is 17.8 Å². The zero-order valence-corrected chi connectivity index (χ0v) is 18.6. The molecule has 2 amide bonds. The van der Waals surface area contributed by atoms with E-state index < -0.39 is 34.5 Å². The van der Waals surface area contributed by atoms with E-state index in [2.05, 4.69) is 0 Å². The largest absolute Gasteiger partial charge is 0.465 e. The molecule has 0 radical (unpaired) electrons. The monoisotopic (exact) mass is 451 g/mol. The van der Waals surface area contributed by atoms with Gasteiger partial charge in [0.2, 0.25) is 11.8 Å². The molecule has 2 atom stereocenters. The fourth-order valence-corrected chi connectivity index (χ4v) is 6.58. The highest BCUT2D eigenvalue weighted by Gasteiger charge is 2.72. The summed E-state index contributed by atoms with van der Waals surface area (Å²) in [7, 11) is 1.29. The molecule has 2 unspecified atom stereocenters. The van der Waals surface area contributed by atoms with E-state index in [1.165, 1.54) is 24.1 Å². The number of nitrogens with zero attached hydrogens (tertiary/aromatic N) is 1. The van der Waals surface area contributed by atoms with Crippen LogP contribution in [0, 0.1) is 11.8 Å². The maximum absolute atomic E-state index is 14.0. The van der Waals surface area contributed by atoms with Gasteiger partial charge in [0.25, 0.3) is 0 Å². The van der Waals surface area contributed by atoms with E-state index in [1.54, 1.807) is 12.1 Å². The van der Waals surface area contributed by atoms with Crippen molar-refractivity contribution in [3.63, 3.8) is 0 Å². The normalized spacial score (nSPS) is 28.2. The molecule has 34 heavy (non-hydrogen) atoms. The molecule has 0 saturated carbocycles. The minimum Gasteiger partial charge on any atom is -0.465 e. The molecular weight excluding hydrogens is 430 g/mol. The van der Waals surface area contributed by atoms with Crippen LogP contribution in [0.4, 0.5) is 5.69 Å². The van der Waals surface area contributed by atoms with E-state index in [0.29, 0.717) is 11.3 Å². The van der Waals surface area contributed by atoms with E-state index in [1.807, 2.05) is 55.5 Å². The Balaban J connectivity index is 1.59. The van der Waals surface area contributed by atoms with Crippen LogP contribution in [0.2, 0.25) is 0 Å². The van der Waals surface area contributed by atoms with Gasteiger partial charge in [0.1, 0.15) is 6.29 Å². The Kier molecular flexibility index (Phi) is 4.07. The van der Waals surface area contributed by atoms with Crippen LogP contribution < -0.4 is 4.90 Å². The first kappa shape index (κ1) is 20.5. The first-order valence-electron chi connectivity index (χ1n) is 11.1. The first-order chi connectivity index (χ1) is 16.4.